The molecule has 2 rings (SSSR count). The quantitative estimate of drug-likeness (QED) is 0.533. The Morgan fingerprint density at radius 2 is 2.38 bits per heavy atom. The summed E-state index contributed by atoms with van der Waals surface area (Å²) in [5, 5.41) is 0.468. The first-order valence-electron chi connectivity index (χ1n) is 4.42. The average Bonchev–Trinajstić information content (AvgIpc) is 2.80. The monoisotopic (exact) mass is 218 g/mol. The van der Waals surface area contributed by atoms with E-state index in [-0.39, 0.29) is 0 Å². The zero-order chi connectivity index (χ0) is 9.31. The van der Waals surface area contributed by atoms with Crippen LogP contribution in [-0.4, -0.2) is 29.8 Å². The Hall–Kier alpha value is 0.200. The van der Waals surface area contributed by atoms with E-state index < -0.39 is 0 Å². The molecule has 1 saturated heterocycles. The number of hydrogen-bond donors (Lipinski definition) is 0. The topological polar surface area (TPSA) is 18.5 Å². The van der Waals surface area contributed by atoms with E-state index in [0.29, 0.717) is 16.1 Å². The van der Waals surface area contributed by atoms with E-state index in [2.05, 4.69) is 6.58 Å². The molecular weight excluding hydrogens is 204 g/mol. The molecule has 13 heavy (non-hydrogen) atoms. The molecule has 1 aliphatic carbocycles. The van der Waals surface area contributed by atoms with Crippen molar-refractivity contribution in [3.63, 3.8) is 0 Å². The summed E-state index contributed by atoms with van der Waals surface area (Å²) in [7, 11) is 5.69. The van der Waals surface area contributed by atoms with Crippen LogP contribution in [0.3, 0.4) is 0 Å². The summed E-state index contributed by atoms with van der Waals surface area (Å²) in [5.74, 6) is 0. The molecule has 0 N–H and O–H groups in total. The SMILES string of the molecule is C=COCC1SSC2(CC2)C1OC. The maximum Gasteiger partial charge on any atom is 0.103 e. The fourth-order valence-electron chi connectivity index (χ4n) is 1.73. The smallest absolute Gasteiger partial charge is 0.103 e. The Bertz CT molecular complexity index is 204. The molecule has 2 fully saturated rings. The van der Waals surface area contributed by atoms with Crippen molar-refractivity contribution in [2.45, 2.75) is 28.9 Å². The van der Waals surface area contributed by atoms with Crippen LogP contribution in [0.15, 0.2) is 12.8 Å². The molecule has 1 saturated carbocycles. The molecule has 1 spiro atoms. The van der Waals surface area contributed by atoms with Crippen molar-refractivity contribution in [2.75, 3.05) is 13.7 Å². The van der Waals surface area contributed by atoms with Gasteiger partial charge in [-0.3, -0.25) is 0 Å². The van der Waals surface area contributed by atoms with Crippen LogP contribution in [0.4, 0.5) is 0 Å². The van der Waals surface area contributed by atoms with E-state index in [1.54, 1.807) is 7.11 Å². The summed E-state index contributed by atoms with van der Waals surface area (Å²) in [5.41, 5.74) is 0. The first kappa shape index (κ1) is 9.74. The Labute approximate surface area is 86.8 Å². The molecule has 0 aromatic carbocycles. The van der Waals surface area contributed by atoms with Gasteiger partial charge in [0.15, 0.2) is 0 Å². The fraction of sp³-hybridized carbons (Fsp3) is 0.778. The van der Waals surface area contributed by atoms with Gasteiger partial charge in [0.25, 0.3) is 0 Å². The van der Waals surface area contributed by atoms with Gasteiger partial charge in [0.1, 0.15) is 6.61 Å². The van der Waals surface area contributed by atoms with Gasteiger partial charge < -0.3 is 9.47 Å². The van der Waals surface area contributed by atoms with Gasteiger partial charge in [-0.2, -0.15) is 0 Å². The van der Waals surface area contributed by atoms with Gasteiger partial charge >= 0.3 is 0 Å². The average molecular weight is 218 g/mol. The van der Waals surface area contributed by atoms with Gasteiger partial charge in [-0.15, -0.1) is 0 Å². The van der Waals surface area contributed by atoms with E-state index in [4.69, 9.17) is 9.47 Å². The van der Waals surface area contributed by atoms with Crippen LogP contribution in [0.25, 0.3) is 0 Å². The highest BCUT2D eigenvalue weighted by atomic mass is 33.1. The van der Waals surface area contributed by atoms with Crippen LogP contribution in [0, 0.1) is 0 Å². The lowest BCUT2D eigenvalue weighted by atomic mass is 10.1. The minimum Gasteiger partial charge on any atom is -0.501 e. The largest absolute Gasteiger partial charge is 0.501 e. The third-order valence-corrected chi connectivity index (χ3v) is 6.29. The molecule has 0 radical (unpaired) electrons. The van der Waals surface area contributed by atoms with Gasteiger partial charge in [0.2, 0.25) is 0 Å². The molecule has 1 heterocycles. The Balaban J connectivity index is 1.93. The second-order valence-electron chi connectivity index (χ2n) is 3.44. The number of hydrogen-bond acceptors (Lipinski definition) is 4. The molecule has 1 aliphatic heterocycles. The summed E-state index contributed by atoms with van der Waals surface area (Å²) < 4.78 is 11.2. The van der Waals surface area contributed by atoms with Crippen molar-refractivity contribution >= 4 is 21.6 Å². The third-order valence-electron chi connectivity index (χ3n) is 2.57. The Morgan fingerprint density at radius 1 is 1.62 bits per heavy atom. The van der Waals surface area contributed by atoms with Crippen molar-refractivity contribution in [3.8, 4) is 0 Å². The van der Waals surface area contributed by atoms with Crippen LogP contribution < -0.4 is 0 Å². The van der Waals surface area contributed by atoms with Crippen molar-refractivity contribution < 1.29 is 9.47 Å². The zero-order valence-corrected chi connectivity index (χ0v) is 9.33. The van der Waals surface area contributed by atoms with E-state index in [9.17, 15) is 0 Å². The van der Waals surface area contributed by atoms with Gasteiger partial charge in [0, 0.05) is 7.11 Å². The maximum absolute atomic E-state index is 5.54. The van der Waals surface area contributed by atoms with E-state index in [0.717, 1.165) is 6.61 Å². The van der Waals surface area contributed by atoms with E-state index >= 15 is 0 Å². The Kier molecular flexibility index (Phi) is 2.81. The molecule has 74 valence electrons. The van der Waals surface area contributed by atoms with Crippen molar-refractivity contribution in [1.29, 1.82) is 0 Å². The predicted molar refractivity (Wildman–Crippen MR) is 57.9 cm³/mol. The van der Waals surface area contributed by atoms with Crippen LogP contribution in [0.2, 0.25) is 0 Å². The lowest BCUT2D eigenvalue weighted by Crippen LogP contribution is -2.33. The number of rotatable bonds is 4. The first-order chi connectivity index (χ1) is 6.32. The molecule has 2 unspecified atom stereocenters. The second kappa shape index (κ2) is 3.75. The van der Waals surface area contributed by atoms with E-state index in [1.165, 1.54) is 19.1 Å². The van der Waals surface area contributed by atoms with Crippen LogP contribution >= 0.6 is 21.6 Å². The van der Waals surface area contributed by atoms with Gasteiger partial charge in [-0.25, -0.2) is 0 Å². The van der Waals surface area contributed by atoms with Crippen LogP contribution in [-0.2, 0) is 9.47 Å². The second-order valence-corrected chi connectivity index (χ2v) is 6.29. The lowest BCUT2D eigenvalue weighted by molar-refractivity contribution is 0.0760. The van der Waals surface area contributed by atoms with Crippen molar-refractivity contribution in [1.82, 2.24) is 0 Å². The summed E-state index contributed by atoms with van der Waals surface area (Å²) in [4.78, 5) is 0. The summed E-state index contributed by atoms with van der Waals surface area (Å²) in [6.45, 7) is 4.27. The molecular formula is C9H14O2S2. The highest BCUT2D eigenvalue weighted by Gasteiger charge is 2.58. The molecule has 2 aliphatic rings. The minimum atomic E-state index is 0.363. The molecule has 2 atom stereocenters. The normalized spacial score (nSPS) is 34.8. The van der Waals surface area contributed by atoms with Gasteiger partial charge in [-0.05, 0) is 12.8 Å². The van der Waals surface area contributed by atoms with Crippen LogP contribution in [0.1, 0.15) is 12.8 Å². The number of methoxy groups -OCH3 is 1. The highest BCUT2D eigenvalue weighted by Crippen LogP contribution is 2.64. The Morgan fingerprint density at radius 3 is 2.92 bits per heavy atom. The summed E-state index contributed by atoms with van der Waals surface area (Å²) in [6, 6.07) is 0. The summed E-state index contributed by atoms with van der Waals surface area (Å²) in [6.07, 6.45) is 4.47. The van der Waals surface area contributed by atoms with Crippen molar-refractivity contribution in [2.24, 2.45) is 0 Å². The molecule has 4 heteroatoms. The van der Waals surface area contributed by atoms with Crippen LogP contribution in [0.5, 0.6) is 0 Å². The predicted octanol–water partition coefficient (Wildman–Crippen LogP) is 2.46. The molecule has 0 amide bonds. The molecule has 2 nitrogen and oxygen atoms in total. The zero-order valence-electron chi connectivity index (χ0n) is 7.69. The lowest BCUT2D eigenvalue weighted by Gasteiger charge is -2.20. The minimum absolute atomic E-state index is 0.363. The maximum atomic E-state index is 5.54. The van der Waals surface area contributed by atoms with Gasteiger partial charge in [0.05, 0.1) is 22.4 Å². The highest BCUT2D eigenvalue weighted by molar-refractivity contribution is 8.78. The van der Waals surface area contributed by atoms with Gasteiger partial charge in [-0.1, -0.05) is 28.2 Å². The first-order valence-corrected chi connectivity index (χ1v) is 6.63. The van der Waals surface area contributed by atoms with E-state index in [1.807, 2.05) is 21.6 Å². The molecule has 0 aromatic rings. The van der Waals surface area contributed by atoms with Crippen molar-refractivity contribution in [3.05, 3.63) is 12.8 Å². The standard InChI is InChI=1S/C9H14O2S2/c1-3-11-6-7-8(10-2)9(4-5-9)13-12-7/h3,7-8H,1,4-6H2,2H3. The molecule has 0 aromatic heterocycles. The third kappa shape index (κ3) is 1.72. The number of ether oxygens (including phenoxy) is 2. The molecule has 0 bridgehead atoms. The summed E-state index contributed by atoms with van der Waals surface area (Å²) >= 11 is 0. The fourth-order valence-corrected chi connectivity index (χ4v) is 5.56.